The van der Waals surface area contributed by atoms with E-state index in [9.17, 15) is 4.79 Å². The third-order valence-electron chi connectivity index (χ3n) is 6.05. The highest BCUT2D eigenvalue weighted by Gasteiger charge is 2.40. The molecule has 28 heavy (non-hydrogen) atoms. The van der Waals surface area contributed by atoms with E-state index in [-0.39, 0.29) is 18.0 Å². The minimum atomic E-state index is 0.244. The standard InChI is InChI=1S/C23H24N4O/c28-22(14-11-17-7-3-1-4-8-17)27-19-12-13-20(27)16-26-21(15-19)24-25-23(26)18-9-5-2-6-10-18/h1-10,19-20H,11-16H2/t19-,20+/m0/s1. The average molecular weight is 372 g/mol. The second kappa shape index (κ2) is 7.23. The van der Waals surface area contributed by atoms with Crippen LogP contribution < -0.4 is 0 Å². The zero-order valence-corrected chi connectivity index (χ0v) is 15.9. The van der Waals surface area contributed by atoms with Crippen molar-refractivity contribution in [1.29, 1.82) is 0 Å². The van der Waals surface area contributed by atoms with Crippen molar-refractivity contribution in [1.82, 2.24) is 19.7 Å². The zero-order valence-electron chi connectivity index (χ0n) is 15.9. The Morgan fingerprint density at radius 3 is 2.43 bits per heavy atom. The highest BCUT2D eigenvalue weighted by molar-refractivity contribution is 5.77. The van der Waals surface area contributed by atoms with Crippen molar-refractivity contribution in [2.75, 3.05) is 0 Å². The normalized spacial score (nSPS) is 20.6. The lowest BCUT2D eigenvalue weighted by Gasteiger charge is -2.28. The molecule has 0 radical (unpaired) electrons. The van der Waals surface area contributed by atoms with Crippen LogP contribution in [0.3, 0.4) is 0 Å². The third-order valence-corrected chi connectivity index (χ3v) is 6.05. The maximum absolute atomic E-state index is 13.1. The molecule has 2 aliphatic rings. The highest BCUT2D eigenvalue weighted by atomic mass is 16.2. The van der Waals surface area contributed by atoms with Gasteiger partial charge in [-0.15, -0.1) is 10.2 Å². The number of rotatable bonds is 4. The molecule has 2 aromatic carbocycles. The number of carbonyl (C=O) groups is 1. The van der Waals surface area contributed by atoms with Crippen LogP contribution in [-0.4, -0.2) is 37.7 Å². The van der Waals surface area contributed by atoms with E-state index in [1.54, 1.807) is 0 Å². The van der Waals surface area contributed by atoms with Crippen molar-refractivity contribution in [2.45, 2.75) is 50.7 Å². The van der Waals surface area contributed by atoms with Crippen LogP contribution in [0.1, 0.15) is 30.7 Å². The fourth-order valence-corrected chi connectivity index (χ4v) is 4.67. The molecule has 1 aromatic heterocycles. The van der Waals surface area contributed by atoms with Crippen LogP contribution in [-0.2, 0) is 24.2 Å². The van der Waals surface area contributed by atoms with Gasteiger partial charge >= 0.3 is 0 Å². The van der Waals surface area contributed by atoms with Gasteiger partial charge in [0.2, 0.25) is 5.91 Å². The minimum absolute atomic E-state index is 0.244. The van der Waals surface area contributed by atoms with E-state index < -0.39 is 0 Å². The van der Waals surface area contributed by atoms with Crippen LogP contribution in [0.5, 0.6) is 0 Å². The van der Waals surface area contributed by atoms with E-state index in [0.29, 0.717) is 6.42 Å². The number of fused-ring (bicyclic) bond motifs is 3. The lowest BCUT2D eigenvalue weighted by atomic mass is 10.1. The predicted molar refractivity (Wildman–Crippen MR) is 108 cm³/mol. The third kappa shape index (κ3) is 3.11. The SMILES string of the molecule is O=C(CCc1ccccc1)N1[C@@H]2CC[C@H]1Cc1nnc(-c3ccccc3)n1C2. The van der Waals surface area contributed by atoms with E-state index >= 15 is 0 Å². The van der Waals surface area contributed by atoms with Gasteiger partial charge in [0.15, 0.2) is 5.82 Å². The van der Waals surface area contributed by atoms with Crippen LogP contribution in [0.2, 0.25) is 0 Å². The van der Waals surface area contributed by atoms with Crippen molar-refractivity contribution in [3.63, 3.8) is 0 Å². The molecule has 1 amide bonds. The number of hydrogen-bond donors (Lipinski definition) is 0. The van der Waals surface area contributed by atoms with Crippen molar-refractivity contribution in [2.24, 2.45) is 0 Å². The summed E-state index contributed by atoms with van der Waals surface area (Å²) < 4.78 is 2.23. The molecule has 0 spiro atoms. The molecule has 0 aliphatic carbocycles. The number of hydrogen-bond acceptors (Lipinski definition) is 3. The first kappa shape index (κ1) is 17.2. The van der Waals surface area contributed by atoms with Gasteiger partial charge in [-0.3, -0.25) is 4.79 Å². The van der Waals surface area contributed by atoms with Crippen LogP contribution in [0.4, 0.5) is 0 Å². The quantitative estimate of drug-likeness (QED) is 0.704. The number of nitrogens with zero attached hydrogens (tertiary/aromatic N) is 4. The Labute approximate surface area is 165 Å². The topological polar surface area (TPSA) is 51.0 Å². The molecule has 2 atom stereocenters. The van der Waals surface area contributed by atoms with Crippen molar-refractivity contribution < 1.29 is 4.79 Å². The molecule has 5 heteroatoms. The van der Waals surface area contributed by atoms with Crippen LogP contribution in [0, 0.1) is 0 Å². The molecule has 2 bridgehead atoms. The van der Waals surface area contributed by atoms with Gasteiger partial charge in [-0.05, 0) is 24.8 Å². The number of aryl methyl sites for hydroxylation is 1. The molecule has 3 aromatic rings. The van der Waals surface area contributed by atoms with Crippen LogP contribution in [0.25, 0.3) is 11.4 Å². The van der Waals surface area contributed by atoms with Gasteiger partial charge in [0.1, 0.15) is 5.82 Å². The molecule has 142 valence electrons. The van der Waals surface area contributed by atoms with Crippen molar-refractivity contribution >= 4 is 5.91 Å². The molecule has 3 heterocycles. The Morgan fingerprint density at radius 2 is 1.64 bits per heavy atom. The van der Waals surface area contributed by atoms with E-state index in [1.165, 1.54) is 5.56 Å². The first-order chi connectivity index (χ1) is 13.8. The summed E-state index contributed by atoms with van der Waals surface area (Å²) in [6, 6.07) is 21.0. The van der Waals surface area contributed by atoms with Crippen LogP contribution in [0.15, 0.2) is 60.7 Å². The largest absolute Gasteiger partial charge is 0.334 e. The summed E-state index contributed by atoms with van der Waals surface area (Å²) in [6.07, 6.45) is 4.30. The minimum Gasteiger partial charge on any atom is -0.334 e. The molecule has 0 unspecified atom stereocenters. The number of benzene rings is 2. The number of amides is 1. The Balaban J connectivity index is 1.36. The first-order valence-corrected chi connectivity index (χ1v) is 10.1. The molecule has 5 rings (SSSR count). The fourth-order valence-electron chi connectivity index (χ4n) is 4.67. The van der Waals surface area contributed by atoms with Gasteiger partial charge in [0.25, 0.3) is 0 Å². The molecule has 2 aliphatic heterocycles. The summed E-state index contributed by atoms with van der Waals surface area (Å²) in [5.74, 6) is 2.20. The van der Waals surface area contributed by atoms with Crippen LogP contribution >= 0.6 is 0 Å². The Hall–Kier alpha value is -2.95. The van der Waals surface area contributed by atoms with Gasteiger partial charge < -0.3 is 9.47 Å². The first-order valence-electron chi connectivity index (χ1n) is 10.1. The molecule has 5 nitrogen and oxygen atoms in total. The summed E-state index contributed by atoms with van der Waals surface area (Å²) in [5.41, 5.74) is 2.31. The van der Waals surface area contributed by atoms with Gasteiger partial charge in [-0.2, -0.15) is 0 Å². The highest BCUT2D eigenvalue weighted by Crippen LogP contribution is 2.33. The lowest BCUT2D eigenvalue weighted by Crippen LogP contribution is -2.42. The number of carbonyl (C=O) groups excluding carboxylic acids is 1. The summed E-state index contributed by atoms with van der Waals surface area (Å²) in [6.45, 7) is 0.792. The summed E-state index contributed by atoms with van der Waals surface area (Å²) in [5, 5.41) is 8.94. The Kier molecular flexibility index (Phi) is 4.43. The second-order valence-electron chi connectivity index (χ2n) is 7.79. The van der Waals surface area contributed by atoms with Crippen molar-refractivity contribution in [3.05, 3.63) is 72.1 Å². The Bertz CT molecular complexity index is 967. The summed E-state index contributed by atoms with van der Waals surface area (Å²) in [4.78, 5) is 15.3. The molecular weight excluding hydrogens is 348 g/mol. The smallest absolute Gasteiger partial charge is 0.223 e. The molecule has 0 N–H and O–H groups in total. The maximum atomic E-state index is 13.1. The molecule has 1 fully saturated rings. The maximum Gasteiger partial charge on any atom is 0.223 e. The average Bonchev–Trinajstić information content (AvgIpc) is 3.27. The fraction of sp³-hybridized carbons (Fsp3) is 0.348. The molecule has 0 saturated carbocycles. The van der Waals surface area contributed by atoms with Crippen molar-refractivity contribution in [3.8, 4) is 11.4 Å². The van der Waals surface area contributed by atoms with E-state index in [0.717, 1.165) is 49.4 Å². The van der Waals surface area contributed by atoms with Gasteiger partial charge in [-0.25, -0.2) is 0 Å². The lowest BCUT2D eigenvalue weighted by molar-refractivity contribution is -0.134. The van der Waals surface area contributed by atoms with E-state index in [4.69, 9.17) is 0 Å². The molecular formula is C23H24N4O. The Morgan fingerprint density at radius 1 is 0.929 bits per heavy atom. The van der Waals surface area contributed by atoms with Gasteiger partial charge in [-0.1, -0.05) is 60.7 Å². The second-order valence-corrected chi connectivity index (χ2v) is 7.79. The van der Waals surface area contributed by atoms with Gasteiger partial charge in [0, 0.05) is 31.0 Å². The molecule has 1 saturated heterocycles. The van der Waals surface area contributed by atoms with Gasteiger partial charge in [0.05, 0.1) is 6.04 Å². The monoisotopic (exact) mass is 372 g/mol. The number of aromatic nitrogens is 3. The summed E-state index contributed by atoms with van der Waals surface area (Å²) >= 11 is 0. The van der Waals surface area contributed by atoms with E-state index in [2.05, 4.69) is 43.9 Å². The van der Waals surface area contributed by atoms with E-state index in [1.807, 2.05) is 36.4 Å². The zero-order chi connectivity index (χ0) is 18.9. The predicted octanol–water partition coefficient (Wildman–Crippen LogP) is 3.49. The summed E-state index contributed by atoms with van der Waals surface area (Å²) in [7, 11) is 0.